The van der Waals surface area contributed by atoms with E-state index in [9.17, 15) is 0 Å². The monoisotopic (exact) mass is 441 g/mol. The molecule has 1 N–H and O–H groups in total. The molecule has 1 atom stereocenters. The van der Waals surface area contributed by atoms with Crippen LogP contribution in [0.2, 0.25) is 0 Å². The fraction of sp³-hybridized carbons (Fsp3) is 0.632. The van der Waals surface area contributed by atoms with Crippen LogP contribution in [0.5, 0.6) is 5.75 Å². The third-order valence-corrected chi connectivity index (χ3v) is 6.40. The maximum Gasteiger partial charge on any atom is 0.193 e. The van der Waals surface area contributed by atoms with Gasteiger partial charge in [-0.25, -0.2) is 0 Å². The largest absolute Gasteiger partial charge is 0.493 e. The Kier molecular flexibility index (Phi) is 7.52. The summed E-state index contributed by atoms with van der Waals surface area (Å²) in [5.74, 6) is 3.97. The molecule has 5 nitrogen and oxygen atoms in total. The first-order valence-corrected chi connectivity index (χ1v) is 11.2. The number of thioether (sulfide) groups is 1. The number of guanidine groups is 1. The van der Waals surface area contributed by atoms with Crippen LogP contribution in [0.4, 0.5) is 0 Å². The highest BCUT2D eigenvalue weighted by Gasteiger charge is 2.42. The average Bonchev–Trinajstić information content (AvgIpc) is 3.28. The van der Waals surface area contributed by atoms with E-state index in [1.165, 1.54) is 12.8 Å². The Balaban J connectivity index is 1.28. The first-order valence-electron chi connectivity index (χ1n) is 9.20. The first-order chi connectivity index (χ1) is 12.7. The van der Waals surface area contributed by atoms with Crippen molar-refractivity contribution in [2.75, 3.05) is 58.0 Å². The Morgan fingerprint density at radius 1 is 1.42 bits per heavy atom. The normalized spacial score (nSPS) is 23.0. The van der Waals surface area contributed by atoms with Crippen molar-refractivity contribution in [3.63, 3.8) is 0 Å². The number of rotatable bonds is 7. The molecule has 1 aromatic rings. The van der Waals surface area contributed by atoms with Crippen molar-refractivity contribution < 1.29 is 9.47 Å². The highest BCUT2D eigenvalue weighted by Crippen LogP contribution is 2.38. The SMILES string of the molecule is CN=C(NCCSCCOc1cccc(Br)c1)N1CCC2(CCOC2)C1. The molecule has 2 aliphatic rings. The van der Waals surface area contributed by atoms with Crippen LogP contribution in [0.25, 0.3) is 0 Å². The lowest BCUT2D eigenvalue weighted by atomic mass is 9.87. The van der Waals surface area contributed by atoms with Gasteiger partial charge in [0.05, 0.1) is 13.2 Å². The Bertz CT molecular complexity index is 608. The van der Waals surface area contributed by atoms with E-state index in [2.05, 4.69) is 31.1 Å². The molecule has 2 saturated heterocycles. The van der Waals surface area contributed by atoms with E-state index in [1.54, 1.807) is 0 Å². The van der Waals surface area contributed by atoms with Gasteiger partial charge in [-0.15, -0.1) is 0 Å². The van der Waals surface area contributed by atoms with Gasteiger partial charge in [-0.2, -0.15) is 11.8 Å². The third kappa shape index (κ3) is 5.54. The van der Waals surface area contributed by atoms with Crippen LogP contribution in [0.1, 0.15) is 12.8 Å². The van der Waals surface area contributed by atoms with Gasteiger partial charge in [0.25, 0.3) is 0 Å². The maximum absolute atomic E-state index is 5.76. The second-order valence-corrected chi connectivity index (χ2v) is 9.01. The van der Waals surface area contributed by atoms with Gasteiger partial charge in [-0.05, 0) is 31.0 Å². The van der Waals surface area contributed by atoms with Crippen LogP contribution < -0.4 is 10.1 Å². The quantitative estimate of drug-likeness (QED) is 0.399. The summed E-state index contributed by atoms with van der Waals surface area (Å²) < 4.78 is 12.4. The molecule has 0 aliphatic carbocycles. The minimum absolute atomic E-state index is 0.371. The summed E-state index contributed by atoms with van der Waals surface area (Å²) in [5.41, 5.74) is 0.371. The molecule has 0 bridgehead atoms. The van der Waals surface area contributed by atoms with Crippen LogP contribution in [0.15, 0.2) is 33.7 Å². The fourth-order valence-electron chi connectivity index (χ4n) is 3.53. The highest BCUT2D eigenvalue weighted by molar-refractivity contribution is 9.10. The van der Waals surface area contributed by atoms with E-state index < -0.39 is 0 Å². The highest BCUT2D eigenvalue weighted by atomic mass is 79.9. The van der Waals surface area contributed by atoms with Gasteiger partial charge in [0, 0.05) is 54.7 Å². The Morgan fingerprint density at radius 3 is 3.12 bits per heavy atom. The summed E-state index contributed by atoms with van der Waals surface area (Å²) in [6.45, 7) is 5.63. The molecule has 26 heavy (non-hydrogen) atoms. The number of hydrogen-bond acceptors (Lipinski definition) is 4. The molecule has 0 radical (unpaired) electrons. The summed E-state index contributed by atoms with van der Waals surface area (Å²) >= 11 is 5.36. The van der Waals surface area contributed by atoms with E-state index in [4.69, 9.17) is 9.47 Å². The minimum atomic E-state index is 0.371. The zero-order valence-corrected chi connectivity index (χ0v) is 17.8. The molecule has 0 aromatic heterocycles. The molecular weight excluding hydrogens is 414 g/mol. The lowest BCUT2D eigenvalue weighted by Gasteiger charge is -2.24. The summed E-state index contributed by atoms with van der Waals surface area (Å²) in [5, 5.41) is 3.50. The van der Waals surface area contributed by atoms with E-state index in [0.29, 0.717) is 5.41 Å². The zero-order chi connectivity index (χ0) is 18.2. The number of benzene rings is 1. The number of aliphatic imine (C=N–C) groups is 1. The van der Waals surface area contributed by atoms with Gasteiger partial charge in [0.1, 0.15) is 5.75 Å². The summed E-state index contributed by atoms with van der Waals surface area (Å²) in [6.07, 6.45) is 2.41. The van der Waals surface area contributed by atoms with E-state index in [-0.39, 0.29) is 0 Å². The molecule has 2 fully saturated rings. The molecule has 1 aromatic carbocycles. The zero-order valence-electron chi connectivity index (χ0n) is 15.4. The van der Waals surface area contributed by atoms with Crippen LogP contribution in [-0.4, -0.2) is 68.9 Å². The van der Waals surface area contributed by atoms with Crippen molar-refractivity contribution in [3.05, 3.63) is 28.7 Å². The van der Waals surface area contributed by atoms with Crippen LogP contribution >= 0.6 is 27.7 Å². The van der Waals surface area contributed by atoms with E-state index >= 15 is 0 Å². The summed E-state index contributed by atoms with van der Waals surface area (Å²) in [6, 6.07) is 7.97. The fourth-order valence-corrected chi connectivity index (χ4v) is 4.56. The van der Waals surface area contributed by atoms with Gasteiger partial charge in [-0.1, -0.05) is 22.0 Å². The molecular formula is C19H28BrN3O2S. The number of halogens is 1. The van der Waals surface area contributed by atoms with Gasteiger partial charge in [-0.3, -0.25) is 4.99 Å². The second kappa shape index (κ2) is 9.85. The van der Waals surface area contributed by atoms with Crippen molar-refractivity contribution in [2.45, 2.75) is 12.8 Å². The lowest BCUT2D eigenvalue weighted by molar-refractivity contribution is 0.156. The summed E-state index contributed by atoms with van der Waals surface area (Å²) in [7, 11) is 1.87. The van der Waals surface area contributed by atoms with Gasteiger partial charge >= 0.3 is 0 Å². The van der Waals surface area contributed by atoms with Crippen molar-refractivity contribution in [3.8, 4) is 5.75 Å². The topological polar surface area (TPSA) is 46.1 Å². The number of nitrogens with zero attached hydrogens (tertiary/aromatic N) is 2. The van der Waals surface area contributed by atoms with E-state index in [0.717, 1.165) is 67.1 Å². The lowest BCUT2D eigenvalue weighted by Crippen LogP contribution is -2.42. The molecule has 3 rings (SSSR count). The molecule has 1 spiro atoms. The summed E-state index contributed by atoms with van der Waals surface area (Å²) in [4.78, 5) is 6.84. The number of hydrogen-bond donors (Lipinski definition) is 1. The molecule has 0 amide bonds. The molecule has 2 aliphatic heterocycles. The predicted octanol–water partition coefficient (Wildman–Crippen LogP) is 3.25. The number of likely N-dealkylation sites (tertiary alicyclic amines) is 1. The van der Waals surface area contributed by atoms with Crippen molar-refractivity contribution in [2.24, 2.45) is 10.4 Å². The molecule has 1 unspecified atom stereocenters. The van der Waals surface area contributed by atoms with Crippen LogP contribution in [0, 0.1) is 5.41 Å². The third-order valence-electron chi connectivity index (χ3n) is 4.96. The molecule has 7 heteroatoms. The predicted molar refractivity (Wildman–Crippen MR) is 112 cm³/mol. The minimum Gasteiger partial charge on any atom is -0.493 e. The molecule has 2 heterocycles. The maximum atomic E-state index is 5.76. The van der Waals surface area contributed by atoms with Crippen LogP contribution in [-0.2, 0) is 4.74 Å². The average molecular weight is 442 g/mol. The van der Waals surface area contributed by atoms with Gasteiger partial charge in [0.15, 0.2) is 5.96 Å². The Morgan fingerprint density at radius 2 is 2.35 bits per heavy atom. The first kappa shape index (κ1) is 19.8. The van der Waals surface area contributed by atoms with Crippen molar-refractivity contribution >= 4 is 33.7 Å². The molecule has 144 valence electrons. The molecule has 0 saturated carbocycles. The smallest absolute Gasteiger partial charge is 0.193 e. The Hall–Kier alpha value is -0.920. The standard InChI is InChI=1S/C19H28BrN3O2S/c1-21-18(23-8-5-19(14-23)6-9-24-15-19)22-7-11-26-12-10-25-17-4-2-3-16(20)13-17/h2-4,13H,5-12,14-15H2,1H3,(H,21,22). The Labute approximate surface area is 169 Å². The van der Waals surface area contributed by atoms with Gasteiger partial charge < -0.3 is 19.7 Å². The van der Waals surface area contributed by atoms with Gasteiger partial charge in [0.2, 0.25) is 0 Å². The van der Waals surface area contributed by atoms with E-state index in [1.807, 2.05) is 43.1 Å². The second-order valence-electron chi connectivity index (χ2n) is 6.87. The number of nitrogens with one attached hydrogen (secondary N) is 1. The number of ether oxygens (including phenoxy) is 2. The van der Waals surface area contributed by atoms with Crippen molar-refractivity contribution in [1.29, 1.82) is 0 Å². The van der Waals surface area contributed by atoms with Crippen molar-refractivity contribution in [1.82, 2.24) is 10.2 Å². The van der Waals surface area contributed by atoms with Crippen LogP contribution in [0.3, 0.4) is 0 Å².